The van der Waals surface area contributed by atoms with Gasteiger partial charge in [0.15, 0.2) is 0 Å². The van der Waals surface area contributed by atoms with E-state index in [9.17, 15) is 22.4 Å². The van der Waals surface area contributed by atoms with Crippen LogP contribution in [0.3, 0.4) is 0 Å². The number of hydrogen-bond acceptors (Lipinski definition) is 4. The molecule has 22 heavy (non-hydrogen) atoms. The molecule has 0 spiro atoms. The highest BCUT2D eigenvalue weighted by molar-refractivity contribution is 7.89. The molecule has 1 fully saturated rings. The van der Waals surface area contributed by atoms with Crippen molar-refractivity contribution in [2.24, 2.45) is 5.14 Å². The monoisotopic (exact) mass is 329 g/mol. The van der Waals surface area contributed by atoms with Crippen molar-refractivity contribution in [2.75, 3.05) is 6.54 Å². The minimum Gasteiger partial charge on any atom is -0.354 e. The topological polar surface area (TPSA) is 118 Å². The summed E-state index contributed by atoms with van der Waals surface area (Å²) in [5, 5.41) is 10.0. The van der Waals surface area contributed by atoms with E-state index >= 15 is 0 Å². The van der Waals surface area contributed by atoms with E-state index in [0.717, 1.165) is 31.0 Å². The lowest BCUT2D eigenvalue weighted by Crippen LogP contribution is -2.45. The number of amides is 2. The van der Waals surface area contributed by atoms with Crippen LogP contribution in [0.25, 0.3) is 0 Å². The predicted molar refractivity (Wildman–Crippen MR) is 75.9 cm³/mol. The summed E-state index contributed by atoms with van der Waals surface area (Å²) in [4.78, 5) is 23.5. The zero-order valence-electron chi connectivity index (χ0n) is 11.6. The molecule has 0 aromatic heterocycles. The van der Waals surface area contributed by atoms with Crippen LogP contribution in [0.2, 0.25) is 0 Å². The molecule has 1 aliphatic heterocycles. The number of carbonyl (C=O) groups excluding carboxylic acids is 2. The largest absolute Gasteiger partial charge is 0.354 e. The van der Waals surface area contributed by atoms with Gasteiger partial charge < -0.3 is 10.6 Å². The van der Waals surface area contributed by atoms with Crippen molar-refractivity contribution in [1.82, 2.24) is 10.6 Å². The van der Waals surface area contributed by atoms with Crippen LogP contribution in [0.1, 0.15) is 29.6 Å². The molecule has 0 bridgehead atoms. The number of nitrogens with two attached hydrogens (primary N) is 1. The third-order valence-electron chi connectivity index (χ3n) is 3.35. The summed E-state index contributed by atoms with van der Waals surface area (Å²) < 4.78 is 36.3. The first-order valence-corrected chi connectivity index (χ1v) is 8.24. The van der Waals surface area contributed by atoms with Crippen LogP contribution in [0, 0.1) is 5.82 Å². The molecule has 7 nitrogen and oxygen atoms in total. The van der Waals surface area contributed by atoms with Gasteiger partial charge in [-0.25, -0.2) is 17.9 Å². The van der Waals surface area contributed by atoms with E-state index in [0.29, 0.717) is 13.0 Å². The minimum atomic E-state index is -4.05. The number of hydrogen-bond donors (Lipinski definition) is 3. The highest BCUT2D eigenvalue weighted by Gasteiger charge is 2.25. The Morgan fingerprint density at radius 3 is 2.77 bits per heavy atom. The number of sulfonamides is 1. The molecule has 9 heteroatoms. The minimum absolute atomic E-state index is 0.339. The summed E-state index contributed by atoms with van der Waals surface area (Å²) in [6, 6.07) is 1.91. The second kappa shape index (κ2) is 6.41. The van der Waals surface area contributed by atoms with E-state index in [1.165, 1.54) is 0 Å². The molecule has 2 rings (SSSR count). The fourth-order valence-corrected chi connectivity index (χ4v) is 2.71. The fraction of sp³-hybridized carbons (Fsp3) is 0.385. The molecule has 120 valence electrons. The van der Waals surface area contributed by atoms with Crippen molar-refractivity contribution in [2.45, 2.75) is 30.2 Å². The van der Waals surface area contributed by atoms with Gasteiger partial charge in [0.05, 0.1) is 10.5 Å². The first-order chi connectivity index (χ1) is 10.3. The van der Waals surface area contributed by atoms with Gasteiger partial charge in [0, 0.05) is 6.54 Å². The van der Waals surface area contributed by atoms with E-state index in [1.54, 1.807) is 0 Å². The van der Waals surface area contributed by atoms with Gasteiger partial charge >= 0.3 is 0 Å². The van der Waals surface area contributed by atoms with Crippen molar-refractivity contribution in [1.29, 1.82) is 0 Å². The average molecular weight is 329 g/mol. The van der Waals surface area contributed by atoms with Gasteiger partial charge in [-0.15, -0.1) is 0 Å². The maximum atomic E-state index is 13.7. The lowest BCUT2D eigenvalue weighted by Gasteiger charge is -2.15. The molecule has 1 saturated heterocycles. The highest BCUT2D eigenvalue weighted by atomic mass is 32.2. The summed E-state index contributed by atoms with van der Waals surface area (Å²) in [6.07, 6.45) is 1.98. The lowest BCUT2D eigenvalue weighted by molar-refractivity contribution is -0.122. The van der Waals surface area contributed by atoms with Crippen LogP contribution < -0.4 is 15.8 Å². The molecule has 0 unspecified atom stereocenters. The quantitative estimate of drug-likeness (QED) is 0.716. The average Bonchev–Trinajstić information content (AvgIpc) is 2.63. The Labute approximate surface area is 127 Å². The van der Waals surface area contributed by atoms with Crippen LogP contribution in [0.4, 0.5) is 4.39 Å². The van der Waals surface area contributed by atoms with Gasteiger partial charge in [0.1, 0.15) is 11.9 Å². The Balaban J connectivity index is 2.23. The molecule has 1 heterocycles. The Morgan fingerprint density at radius 2 is 2.09 bits per heavy atom. The zero-order chi connectivity index (χ0) is 16.3. The number of benzene rings is 1. The molecule has 2 amide bonds. The number of nitrogens with one attached hydrogen (secondary N) is 2. The molecular weight excluding hydrogens is 313 g/mol. The van der Waals surface area contributed by atoms with Gasteiger partial charge in [-0.3, -0.25) is 9.59 Å². The van der Waals surface area contributed by atoms with Gasteiger partial charge in [-0.2, -0.15) is 0 Å². The standard InChI is InChI=1S/C13H16FN3O4S/c14-10-5-4-8(22(15,20)21)7-9(10)12(18)17-11-3-1-2-6-16-13(11)19/h4-5,7,11H,1-3,6H2,(H,16,19)(H,17,18)(H2,15,20,21)/t11-/m0/s1. The highest BCUT2D eigenvalue weighted by Crippen LogP contribution is 2.15. The van der Waals surface area contributed by atoms with Crippen LogP contribution in [0.15, 0.2) is 23.1 Å². The van der Waals surface area contributed by atoms with E-state index in [2.05, 4.69) is 10.6 Å². The molecule has 0 aliphatic carbocycles. The summed E-state index contributed by atoms with van der Waals surface area (Å²) in [6.45, 7) is 0.528. The molecule has 1 atom stereocenters. The summed E-state index contributed by atoms with van der Waals surface area (Å²) in [5.74, 6) is -2.09. The van der Waals surface area contributed by atoms with Gasteiger partial charge in [0.25, 0.3) is 5.91 Å². The maximum Gasteiger partial charge on any atom is 0.254 e. The Kier molecular flexibility index (Phi) is 4.77. The first-order valence-electron chi connectivity index (χ1n) is 6.70. The fourth-order valence-electron chi connectivity index (χ4n) is 2.17. The van der Waals surface area contributed by atoms with Crippen LogP contribution in [0.5, 0.6) is 0 Å². The van der Waals surface area contributed by atoms with Gasteiger partial charge in [-0.1, -0.05) is 0 Å². The number of carbonyl (C=O) groups is 2. The van der Waals surface area contributed by atoms with Crippen LogP contribution in [-0.4, -0.2) is 32.8 Å². The number of rotatable bonds is 3. The SMILES string of the molecule is NS(=O)(=O)c1ccc(F)c(C(=O)N[C@H]2CCCCNC2=O)c1. The molecule has 4 N–H and O–H groups in total. The van der Waals surface area contributed by atoms with Crippen molar-refractivity contribution >= 4 is 21.8 Å². The Hall–Kier alpha value is -2.00. The third kappa shape index (κ3) is 3.80. The molecular formula is C13H16FN3O4S. The predicted octanol–water partition coefficient (Wildman–Crippen LogP) is -0.128. The van der Waals surface area contributed by atoms with E-state index < -0.39 is 33.4 Å². The van der Waals surface area contributed by atoms with E-state index in [1.807, 2.05) is 0 Å². The Bertz CT molecular complexity index is 705. The molecule has 1 aromatic carbocycles. The molecule has 1 aromatic rings. The molecule has 0 saturated carbocycles. The number of primary sulfonamides is 1. The van der Waals surface area contributed by atoms with Gasteiger partial charge in [-0.05, 0) is 37.5 Å². The maximum absolute atomic E-state index is 13.7. The van der Waals surface area contributed by atoms with Crippen molar-refractivity contribution in [3.05, 3.63) is 29.6 Å². The lowest BCUT2D eigenvalue weighted by atomic mass is 10.1. The van der Waals surface area contributed by atoms with E-state index in [-0.39, 0.29) is 10.8 Å². The normalized spacial score (nSPS) is 19.2. The third-order valence-corrected chi connectivity index (χ3v) is 4.26. The Morgan fingerprint density at radius 1 is 1.36 bits per heavy atom. The number of halogens is 1. The second-order valence-corrected chi connectivity index (χ2v) is 6.56. The summed E-state index contributed by atoms with van der Waals surface area (Å²) >= 11 is 0. The van der Waals surface area contributed by atoms with Crippen molar-refractivity contribution < 1.29 is 22.4 Å². The van der Waals surface area contributed by atoms with Crippen LogP contribution >= 0.6 is 0 Å². The smallest absolute Gasteiger partial charge is 0.254 e. The molecule has 1 aliphatic rings. The van der Waals surface area contributed by atoms with Crippen molar-refractivity contribution in [3.8, 4) is 0 Å². The first kappa shape index (κ1) is 16.4. The van der Waals surface area contributed by atoms with Gasteiger partial charge in [0.2, 0.25) is 15.9 Å². The van der Waals surface area contributed by atoms with Crippen LogP contribution in [-0.2, 0) is 14.8 Å². The van der Waals surface area contributed by atoms with E-state index in [4.69, 9.17) is 5.14 Å². The van der Waals surface area contributed by atoms with Crippen molar-refractivity contribution in [3.63, 3.8) is 0 Å². The zero-order valence-corrected chi connectivity index (χ0v) is 12.5. The summed E-state index contributed by atoms with van der Waals surface area (Å²) in [5.41, 5.74) is -0.469. The molecule has 0 radical (unpaired) electrons. The summed E-state index contributed by atoms with van der Waals surface area (Å²) in [7, 11) is -4.05. The second-order valence-electron chi connectivity index (χ2n) is 5.00.